The molecule has 132 valence electrons. The average molecular weight is 350 g/mol. The first kappa shape index (κ1) is 17.3. The number of hydrogen-bond donors (Lipinski definition) is 0. The number of aryl methyl sites for hydroxylation is 1. The molecule has 0 aliphatic carbocycles. The molecule has 0 radical (unpaired) electrons. The van der Waals surface area contributed by atoms with Gasteiger partial charge in [-0.1, -0.05) is 12.1 Å². The van der Waals surface area contributed by atoms with Crippen LogP contribution in [0.2, 0.25) is 0 Å². The summed E-state index contributed by atoms with van der Waals surface area (Å²) in [5.74, 6) is 0. The molecule has 0 atom stereocenters. The van der Waals surface area contributed by atoms with Crippen LogP contribution in [0.1, 0.15) is 23.2 Å². The lowest BCUT2D eigenvalue weighted by Crippen LogP contribution is -2.37. The number of carbonyl (C=O) groups excluding carboxylic acids is 1. The molecule has 1 aliphatic heterocycles. The van der Waals surface area contributed by atoms with Gasteiger partial charge < -0.3 is 9.64 Å². The van der Waals surface area contributed by atoms with Crippen molar-refractivity contribution in [3.63, 3.8) is 0 Å². The van der Waals surface area contributed by atoms with Crippen LogP contribution >= 0.6 is 0 Å². The first-order valence-corrected chi connectivity index (χ1v) is 7.89. The number of ether oxygens (including phenoxy) is 1. The largest absolute Gasteiger partial charge is 0.449 e. The molecule has 25 heavy (non-hydrogen) atoms. The van der Waals surface area contributed by atoms with E-state index in [4.69, 9.17) is 4.74 Å². The van der Waals surface area contributed by atoms with E-state index < -0.39 is 11.7 Å². The third kappa shape index (κ3) is 3.92. The van der Waals surface area contributed by atoms with Gasteiger partial charge in [-0.2, -0.15) is 13.2 Å². The van der Waals surface area contributed by atoms with Gasteiger partial charge in [0, 0.05) is 24.0 Å². The SMILES string of the molecule is Cc1ncc(-c2cccc(C(F)(F)F)c2)cc1CN1CCCOC1=O. The van der Waals surface area contributed by atoms with Gasteiger partial charge in [-0.15, -0.1) is 0 Å². The Labute approximate surface area is 143 Å². The summed E-state index contributed by atoms with van der Waals surface area (Å²) in [5, 5.41) is 0. The van der Waals surface area contributed by atoms with E-state index in [1.165, 1.54) is 6.07 Å². The Bertz CT molecular complexity index is 790. The average Bonchev–Trinajstić information content (AvgIpc) is 2.58. The minimum Gasteiger partial charge on any atom is -0.449 e. The Morgan fingerprint density at radius 1 is 1.24 bits per heavy atom. The fourth-order valence-electron chi connectivity index (χ4n) is 2.72. The van der Waals surface area contributed by atoms with E-state index in [1.54, 1.807) is 30.2 Å². The molecule has 0 spiro atoms. The van der Waals surface area contributed by atoms with Crippen LogP contribution in [-0.2, 0) is 17.5 Å². The fraction of sp³-hybridized carbons (Fsp3) is 0.333. The van der Waals surface area contributed by atoms with E-state index in [-0.39, 0.29) is 6.09 Å². The van der Waals surface area contributed by atoms with Gasteiger partial charge >= 0.3 is 12.3 Å². The molecule has 2 heterocycles. The first-order chi connectivity index (χ1) is 11.8. The number of carbonyl (C=O) groups is 1. The fourth-order valence-corrected chi connectivity index (χ4v) is 2.72. The molecular formula is C18H17F3N2O2. The third-order valence-corrected chi connectivity index (χ3v) is 4.13. The summed E-state index contributed by atoms with van der Waals surface area (Å²) in [7, 11) is 0. The summed E-state index contributed by atoms with van der Waals surface area (Å²) in [6.45, 7) is 3.13. The van der Waals surface area contributed by atoms with Crippen LogP contribution in [-0.4, -0.2) is 29.1 Å². The number of alkyl halides is 3. The summed E-state index contributed by atoms with van der Waals surface area (Å²) < 4.78 is 43.7. The highest BCUT2D eigenvalue weighted by Crippen LogP contribution is 2.32. The first-order valence-electron chi connectivity index (χ1n) is 7.89. The number of hydrogen-bond acceptors (Lipinski definition) is 3. The number of benzene rings is 1. The van der Waals surface area contributed by atoms with Crippen LogP contribution in [0.15, 0.2) is 36.5 Å². The smallest absolute Gasteiger partial charge is 0.416 e. The van der Waals surface area contributed by atoms with Gasteiger partial charge in [0.25, 0.3) is 0 Å². The van der Waals surface area contributed by atoms with Crippen LogP contribution in [0, 0.1) is 6.92 Å². The molecule has 0 N–H and O–H groups in total. The van der Waals surface area contributed by atoms with E-state index >= 15 is 0 Å². The van der Waals surface area contributed by atoms with Crippen molar-refractivity contribution in [2.75, 3.05) is 13.2 Å². The molecule has 0 unspecified atom stereocenters. The van der Waals surface area contributed by atoms with Crippen molar-refractivity contribution in [1.29, 1.82) is 0 Å². The summed E-state index contributed by atoms with van der Waals surface area (Å²) in [6, 6.07) is 6.90. The number of rotatable bonds is 3. The van der Waals surface area contributed by atoms with E-state index in [0.29, 0.717) is 30.8 Å². The summed E-state index contributed by atoms with van der Waals surface area (Å²) in [6.07, 6.45) is -2.47. The number of aromatic nitrogens is 1. The Hall–Kier alpha value is -2.57. The predicted octanol–water partition coefficient (Wildman–Crippen LogP) is 4.42. The maximum absolute atomic E-state index is 12.9. The summed E-state index contributed by atoms with van der Waals surface area (Å²) >= 11 is 0. The molecule has 1 aromatic carbocycles. The number of nitrogens with zero attached hydrogens (tertiary/aromatic N) is 2. The van der Waals surface area contributed by atoms with Crippen molar-refractivity contribution in [2.24, 2.45) is 0 Å². The minimum atomic E-state index is -4.39. The van der Waals surface area contributed by atoms with E-state index in [2.05, 4.69) is 4.98 Å². The van der Waals surface area contributed by atoms with E-state index in [9.17, 15) is 18.0 Å². The predicted molar refractivity (Wildman–Crippen MR) is 85.8 cm³/mol. The standard InChI is InChI=1S/C18H17F3N2O2/c1-12-15(11-23-6-3-7-25-17(23)24)8-14(10-22-12)13-4-2-5-16(9-13)18(19,20)21/h2,4-5,8-10H,3,6-7,11H2,1H3. The molecule has 4 nitrogen and oxygen atoms in total. The number of halogens is 3. The molecule has 1 saturated heterocycles. The van der Waals surface area contributed by atoms with Gasteiger partial charge in [0.15, 0.2) is 0 Å². The van der Waals surface area contributed by atoms with Gasteiger partial charge in [-0.3, -0.25) is 4.98 Å². The molecule has 1 aliphatic rings. The van der Waals surface area contributed by atoms with Crippen molar-refractivity contribution >= 4 is 6.09 Å². The van der Waals surface area contributed by atoms with Crippen LogP contribution in [0.5, 0.6) is 0 Å². The van der Waals surface area contributed by atoms with Crippen molar-refractivity contribution in [3.05, 3.63) is 53.3 Å². The van der Waals surface area contributed by atoms with Crippen molar-refractivity contribution in [3.8, 4) is 11.1 Å². The maximum atomic E-state index is 12.9. The van der Waals surface area contributed by atoms with Gasteiger partial charge in [0.2, 0.25) is 0 Å². The normalized spacial score (nSPS) is 15.2. The molecule has 1 amide bonds. The molecule has 1 aromatic heterocycles. The second-order valence-corrected chi connectivity index (χ2v) is 5.94. The minimum absolute atomic E-state index is 0.324. The van der Waals surface area contributed by atoms with Crippen LogP contribution in [0.4, 0.5) is 18.0 Å². The topological polar surface area (TPSA) is 42.4 Å². The highest BCUT2D eigenvalue weighted by atomic mass is 19.4. The molecule has 7 heteroatoms. The zero-order valence-corrected chi connectivity index (χ0v) is 13.6. The van der Waals surface area contributed by atoms with Crippen molar-refractivity contribution < 1.29 is 22.7 Å². The number of pyridine rings is 1. The Kier molecular flexibility index (Phi) is 4.65. The van der Waals surface area contributed by atoms with E-state index in [0.717, 1.165) is 29.8 Å². The highest BCUT2D eigenvalue weighted by Gasteiger charge is 2.30. The summed E-state index contributed by atoms with van der Waals surface area (Å²) in [4.78, 5) is 17.6. The van der Waals surface area contributed by atoms with E-state index in [1.807, 2.05) is 0 Å². The lowest BCUT2D eigenvalue weighted by atomic mass is 10.0. The Morgan fingerprint density at radius 3 is 2.76 bits per heavy atom. The van der Waals surface area contributed by atoms with Crippen molar-refractivity contribution in [1.82, 2.24) is 9.88 Å². The molecule has 0 saturated carbocycles. The van der Waals surface area contributed by atoms with Gasteiger partial charge in [-0.05, 0) is 42.7 Å². The molecular weight excluding hydrogens is 333 g/mol. The highest BCUT2D eigenvalue weighted by molar-refractivity contribution is 5.69. The second-order valence-electron chi connectivity index (χ2n) is 5.94. The Balaban J connectivity index is 1.90. The van der Waals surface area contributed by atoms with Crippen LogP contribution < -0.4 is 0 Å². The number of amides is 1. The lowest BCUT2D eigenvalue weighted by Gasteiger charge is -2.26. The molecule has 2 aromatic rings. The zero-order chi connectivity index (χ0) is 18.0. The second kappa shape index (κ2) is 6.74. The van der Waals surface area contributed by atoms with Gasteiger partial charge in [0.05, 0.1) is 18.7 Å². The number of cyclic esters (lactones) is 1. The molecule has 1 fully saturated rings. The summed E-state index contributed by atoms with van der Waals surface area (Å²) in [5.41, 5.74) is 1.83. The zero-order valence-electron chi connectivity index (χ0n) is 13.6. The lowest BCUT2D eigenvalue weighted by molar-refractivity contribution is -0.137. The molecule has 0 bridgehead atoms. The van der Waals surface area contributed by atoms with Crippen LogP contribution in [0.3, 0.4) is 0 Å². The van der Waals surface area contributed by atoms with Gasteiger partial charge in [-0.25, -0.2) is 4.79 Å². The monoisotopic (exact) mass is 350 g/mol. The molecule has 3 rings (SSSR count). The van der Waals surface area contributed by atoms with Gasteiger partial charge in [0.1, 0.15) is 0 Å². The Morgan fingerprint density at radius 2 is 2.04 bits per heavy atom. The maximum Gasteiger partial charge on any atom is 0.416 e. The van der Waals surface area contributed by atoms with Crippen molar-refractivity contribution in [2.45, 2.75) is 26.1 Å². The quantitative estimate of drug-likeness (QED) is 0.823. The van der Waals surface area contributed by atoms with Crippen LogP contribution in [0.25, 0.3) is 11.1 Å². The third-order valence-electron chi connectivity index (χ3n) is 4.13.